The third-order valence-electron chi connectivity index (χ3n) is 3.04. The van der Waals surface area contributed by atoms with Crippen molar-refractivity contribution in [1.29, 1.82) is 0 Å². The van der Waals surface area contributed by atoms with Crippen LogP contribution in [-0.2, 0) is 6.42 Å². The maximum absolute atomic E-state index is 11.7. The van der Waals surface area contributed by atoms with Gasteiger partial charge < -0.3 is 10.7 Å². The van der Waals surface area contributed by atoms with Crippen molar-refractivity contribution in [2.24, 2.45) is 5.73 Å². The lowest BCUT2D eigenvalue weighted by Crippen LogP contribution is -2.15. The fourth-order valence-corrected chi connectivity index (χ4v) is 1.99. The third-order valence-corrected chi connectivity index (χ3v) is 3.04. The first-order chi connectivity index (χ1) is 8.78. The molecule has 1 fully saturated rings. The zero-order chi connectivity index (χ0) is 12.5. The minimum atomic E-state index is -0.116. The molecule has 0 aliphatic heterocycles. The molecule has 18 heavy (non-hydrogen) atoms. The van der Waals surface area contributed by atoms with Crippen LogP contribution >= 0.6 is 0 Å². The van der Waals surface area contributed by atoms with E-state index in [1.54, 1.807) is 6.20 Å². The summed E-state index contributed by atoms with van der Waals surface area (Å²) in [6, 6.07) is 1.49. The van der Waals surface area contributed by atoms with E-state index in [1.807, 2.05) is 10.8 Å². The largest absolute Gasteiger partial charge is 0.330 e. The topological polar surface area (TPSA) is 89.6 Å². The highest BCUT2D eigenvalue weighted by molar-refractivity contribution is 5.25. The highest BCUT2D eigenvalue weighted by Gasteiger charge is 2.26. The van der Waals surface area contributed by atoms with Gasteiger partial charge in [-0.05, 0) is 19.4 Å². The fraction of sp³-hybridized carbons (Fsp3) is 0.417. The van der Waals surface area contributed by atoms with Crippen molar-refractivity contribution in [3.8, 4) is 5.82 Å². The summed E-state index contributed by atoms with van der Waals surface area (Å²) < 4.78 is 1.83. The van der Waals surface area contributed by atoms with Crippen molar-refractivity contribution in [2.45, 2.75) is 25.2 Å². The van der Waals surface area contributed by atoms with E-state index in [4.69, 9.17) is 5.73 Å². The van der Waals surface area contributed by atoms with E-state index in [0.29, 0.717) is 24.7 Å². The number of nitrogens with zero attached hydrogens (tertiary/aromatic N) is 3. The second kappa shape index (κ2) is 4.38. The first-order valence-corrected chi connectivity index (χ1v) is 6.12. The van der Waals surface area contributed by atoms with Crippen molar-refractivity contribution in [2.75, 3.05) is 6.54 Å². The molecule has 6 nitrogen and oxygen atoms in total. The molecule has 2 aromatic heterocycles. The molecule has 1 aliphatic rings. The van der Waals surface area contributed by atoms with E-state index < -0.39 is 0 Å². The van der Waals surface area contributed by atoms with Gasteiger partial charge in [-0.2, -0.15) is 0 Å². The zero-order valence-corrected chi connectivity index (χ0v) is 9.97. The van der Waals surface area contributed by atoms with Gasteiger partial charge in [0.05, 0.1) is 0 Å². The molecule has 2 heterocycles. The van der Waals surface area contributed by atoms with Crippen molar-refractivity contribution in [3.63, 3.8) is 0 Å². The lowest BCUT2D eigenvalue weighted by Gasteiger charge is -2.07. The smallest absolute Gasteiger partial charge is 0.253 e. The Bertz CT molecular complexity index is 611. The van der Waals surface area contributed by atoms with Gasteiger partial charge in [-0.25, -0.2) is 9.97 Å². The Morgan fingerprint density at radius 2 is 2.33 bits per heavy atom. The number of nitrogens with two attached hydrogens (primary N) is 1. The molecule has 6 heteroatoms. The molecule has 1 aliphatic carbocycles. The average molecular weight is 245 g/mol. The van der Waals surface area contributed by atoms with Crippen LogP contribution in [0.1, 0.15) is 30.4 Å². The van der Waals surface area contributed by atoms with Gasteiger partial charge in [0.2, 0.25) is 0 Å². The van der Waals surface area contributed by atoms with Crippen LogP contribution in [0.4, 0.5) is 0 Å². The maximum atomic E-state index is 11.7. The van der Waals surface area contributed by atoms with Gasteiger partial charge >= 0.3 is 0 Å². The maximum Gasteiger partial charge on any atom is 0.253 e. The number of aromatic amines is 1. The number of imidazole rings is 1. The van der Waals surface area contributed by atoms with Crippen molar-refractivity contribution >= 4 is 0 Å². The lowest BCUT2D eigenvalue weighted by molar-refractivity contribution is 0.799. The normalized spacial score (nSPS) is 14.9. The molecule has 0 unspecified atom stereocenters. The first-order valence-electron chi connectivity index (χ1n) is 6.12. The van der Waals surface area contributed by atoms with Crippen LogP contribution in [0.25, 0.3) is 5.82 Å². The van der Waals surface area contributed by atoms with Crippen LogP contribution in [-0.4, -0.2) is 26.1 Å². The van der Waals surface area contributed by atoms with Crippen LogP contribution < -0.4 is 11.3 Å². The molecular weight excluding hydrogens is 230 g/mol. The first kappa shape index (κ1) is 11.2. The number of nitrogens with one attached hydrogen (secondary N) is 1. The molecule has 2 aromatic rings. The summed E-state index contributed by atoms with van der Waals surface area (Å²) in [5.41, 5.74) is 5.43. The quantitative estimate of drug-likeness (QED) is 0.812. The molecule has 94 valence electrons. The number of H-pyrrole nitrogens is 1. The monoisotopic (exact) mass is 245 g/mol. The molecule has 0 spiro atoms. The Morgan fingerprint density at radius 1 is 1.50 bits per heavy atom. The van der Waals surface area contributed by atoms with Gasteiger partial charge in [0.1, 0.15) is 17.5 Å². The van der Waals surface area contributed by atoms with E-state index in [1.165, 1.54) is 6.07 Å². The third kappa shape index (κ3) is 2.06. The van der Waals surface area contributed by atoms with Crippen LogP contribution in [0.15, 0.2) is 23.3 Å². The van der Waals surface area contributed by atoms with Crippen LogP contribution in [0.2, 0.25) is 0 Å². The molecule has 3 rings (SSSR count). The van der Waals surface area contributed by atoms with Crippen LogP contribution in [0, 0.1) is 0 Å². The summed E-state index contributed by atoms with van der Waals surface area (Å²) in [5.74, 6) is 2.66. The van der Waals surface area contributed by atoms with Gasteiger partial charge in [0.25, 0.3) is 5.56 Å². The predicted molar refractivity (Wildman–Crippen MR) is 66.7 cm³/mol. The molecule has 1 saturated carbocycles. The Labute approximate surface area is 104 Å². The van der Waals surface area contributed by atoms with Gasteiger partial charge in [0.15, 0.2) is 0 Å². The summed E-state index contributed by atoms with van der Waals surface area (Å²) in [6.07, 6.45) is 6.38. The van der Waals surface area contributed by atoms with Gasteiger partial charge in [-0.15, -0.1) is 0 Å². The van der Waals surface area contributed by atoms with Crippen molar-refractivity contribution in [1.82, 2.24) is 19.5 Å². The second-order valence-corrected chi connectivity index (χ2v) is 4.52. The molecule has 0 saturated heterocycles. The Hall–Kier alpha value is -1.95. The minimum Gasteiger partial charge on any atom is -0.330 e. The van der Waals surface area contributed by atoms with E-state index in [0.717, 1.165) is 24.5 Å². The summed E-state index contributed by atoms with van der Waals surface area (Å²) >= 11 is 0. The SMILES string of the molecule is NCCc1nccn1-c1cc(=O)[nH]c(C2CC2)n1. The summed E-state index contributed by atoms with van der Waals surface area (Å²) in [4.78, 5) is 23.2. The van der Waals surface area contributed by atoms with E-state index in [-0.39, 0.29) is 5.56 Å². The molecule has 3 N–H and O–H groups in total. The molecule has 0 bridgehead atoms. The van der Waals surface area contributed by atoms with Gasteiger partial charge in [0, 0.05) is 30.8 Å². The van der Waals surface area contributed by atoms with Crippen molar-refractivity contribution < 1.29 is 0 Å². The van der Waals surface area contributed by atoms with Crippen LogP contribution in [0.5, 0.6) is 0 Å². The molecule has 0 amide bonds. The summed E-state index contributed by atoms with van der Waals surface area (Å²) in [7, 11) is 0. The van der Waals surface area contributed by atoms with Crippen LogP contribution in [0.3, 0.4) is 0 Å². The Kier molecular flexibility index (Phi) is 2.71. The number of hydrogen-bond acceptors (Lipinski definition) is 4. The van der Waals surface area contributed by atoms with E-state index in [9.17, 15) is 4.79 Å². The van der Waals surface area contributed by atoms with Crippen molar-refractivity contribution in [3.05, 3.63) is 40.5 Å². The fourth-order valence-electron chi connectivity index (χ4n) is 1.99. The molecular formula is C12H15N5O. The van der Waals surface area contributed by atoms with Gasteiger partial charge in [-0.3, -0.25) is 9.36 Å². The predicted octanol–water partition coefficient (Wildman–Crippen LogP) is 0.334. The van der Waals surface area contributed by atoms with E-state index in [2.05, 4.69) is 15.0 Å². The highest BCUT2D eigenvalue weighted by atomic mass is 16.1. The number of aromatic nitrogens is 4. The highest BCUT2D eigenvalue weighted by Crippen LogP contribution is 2.37. The molecule has 0 aromatic carbocycles. The molecule has 0 atom stereocenters. The lowest BCUT2D eigenvalue weighted by atomic mass is 10.3. The van der Waals surface area contributed by atoms with E-state index >= 15 is 0 Å². The minimum absolute atomic E-state index is 0.116. The molecule has 0 radical (unpaired) electrons. The number of rotatable bonds is 4. The summed E-state index contributed by atoms with van der Waals surface area (Å²) in [5, 5.41) is 0. The standard InChI is InChI=1S/C12H15N5O/c13-4-3-9-14-5-6-17(9)10-7-11(18)16-12(15-10)8-1-2-8/h5-8H,1-4,13H2,(H,15,16,18). The van der Waals surface area contributed by atoms with Gasteiger partial charge in [-0.1, -0.05) is 0 Å². The number of hydrogen-bond donors (Lipinski definition) is 2. The zero-order valence-electron chi connectivity index (χ0n) is 9.97. The second-order valence-electron chi connectivity index (χ2n) is 4.52. The average Bonchev–Trinajstić information content (AvgIpc) is 3.10. The Balaban J connectivity index is 2.04. The Morgan fingerprint density at radius 3 is 3.06 bits per heavy atom. The summed E-state index contributed by atoms with van der Waals surface area (Å²) in [6.45, 7) is 0.523.